The van der Waals surface area contributed by atoms with Crippen molar-refractivity contribution in [2.45, 2.75) is 0 Å². The molecule has 25 heavy (non-hydrogen) atoms. The number of aromatic nitrogens is 4. The lowest BCUT2D eigenvalue weighted by atomic mass is 10.2. The summed E-state index contributed by atoms with van der Waals surface area (Å²) in [5, 5.41) is 14.5. The molecule has 5 nitrogen and oxygen atoms in total. The van der Waals surface area contributed by atoms with Crippen LogP contribution in [-0.2, 0) is 0 Å². The van der Waals surface area contributed by atoms with E-state index in [-0.39, 0.29) is 0 Å². The van der Waals surface area contributed by atoms with Gasteiger partial charge in [-0.3, -0.25) is 0 Å². The highest BCUT2D eigenvalue weighted by Gasteiger charge is 2.12. The van der Waals surface area contributed by atoms with E-state index in [2.05, 4.69) is 15.3 Å². The molecule has 0 amide bonds. The normalized spacial score (nSPS) is 11.4. The number of rotatable bonds is 4. The predicted octanol–water partition coefficient (Wildman–Crippen LogP) is 4.69. The molecule has 0 fully saturated rings. The third kappa shape index (κ3) is 3.14. The second-order valence-electron chi connectivity index (χ2n) is 5.24. The standard InChI is InChI=1S/C18H13ClN4OS/c1-24-15-5-3-2-4-12(15)8-11-16-22-23-17(20-21-18(23)25-16)13-6-9-14(19)10-7-13/h2-11H,1H3/b11-8+. The maximum atomic E-state index is 5.94. The van der Waals surface area contributed by atoms with E-state index in [1.54, 1.807) is 11.6 Å². The monoisotopic (exact) mass is 368 g/mol. The molecule has 0 spiro atoms. The van der Waals surface area contributed by atoms with Crippen LogP contribution in [0, 0.1) is 0 Å². The Bertz CT molecular complexity index is 1050. The molecule has 7 heteroatoms. The smallest absolute Gasteiger partial charge is 0.235 e. The Kier molecular flexibility index (Phi) is 4.21. The fraction of sp³-hybridized carbons (Fsp3) is 0.0556. The maximum absolute atomic E-state index is 5.94. The molecular weight excluding hydrogens is 356 g/mol. The zero-order valence-electron chi connectivity index (χ0n) is 13.3. The zero-order chi connectivity index (χ0) is 17.2. The number of fused-ring (bicyclic) bond motifs is 1. The van der Waals surface area contributed by atoms with Crippen LogP contribution in [0.4, 0.5) is 0 Å². The molecule has 0 aliphatic heterocycles. The first kappa shape index (κ1) is 15.8. The molecule has 2 aromatic heterocycles. The van der Waals surface area contributed by atoms with E-state index in [0.717, 1.165) is 26.8 Å². The summed E-state index contributed by atoms with van der Waals surface area (Å²) in [5.74, 6) is 1.52. The van der Waals surface area contributed by atoms with Crippen molar-refractivity contribution >= 4 is 40.1 Å². The van der Waals surface area contributed by atoms with Gasteiger partial charge in [-0.25, -0.2) is 0 Å². The van der Waals surface area contributed by atoms with Crippen LogP contribution in [0.15, 0.2) is 48.5 Å². The molecule has 0 saturated heterocycles. The minimum atomic E-state index is 0.684. The van der Waals surface area contributed by atoms with Gasteiger partial charge in [0.05, 0.1) is 7.11 Å². The predicted molar refractivity (Wildman–Crippen MR) is 101 cm³/mol. The summed E-state index contributed by atoms with van der Waals surface area (Å²) in [6.07, 6.45) is 3.93. The second kappa shape index (κ2) is 6.66. The number of hydrogen-bond donors (Lipinski definition) is 0. The van der Waals surface area contributed by atoms with Crippen molar-refractivity contribution in [3.05, 3.63) is 64.1 Å². The van der Waals surface area contributed by atoms with Gasteiger partial charge in [0.1, 0.15) is 10.8 Å². The van der Waals surface area contributed by atoms with Crippen molar-refractivity contribution in [1.29, 1.82) is 0 Å². The van der Waals surface area contributed by atoms with E-state index in [4.69, 9.17) is 16.3 Å². The lowest BCUT2D eigenvalue weighted by Crippen LogP contribution is -1.90. The highest BCUT2D eigenvalue weighted by atomic mass is 35.5. The van der Waals surface area contributed by atoms with Crippen molar-refractivity contribution < 1.29 is 4.74 Å². The number of para-hydroxylation sites is 1. The van der Waals surface area contributed by atoms with E-state index < -0.39 is 0 Å². The summed E-state index contributed by atoms with van der Waals surface area (Å²) in [4.78, 5) is 0.740. The highest BCUT2D eigenvalue weighted by molar-refractivity contribution is 7.17. The third-order valence-corrected chi connectivity index (χ3v) is 4.77. The largest absolute Gasteiger partial charge is 0.496 e. The van der Waals surface area contributed by atoms with E-state index in [1.165, 1.54) is 11.3 Å². The Morgan fingerprint density at radius 3 is 2.64 bits per heavy atom. The van der Waals surface area contributed by atoms with Crippen LogP contribution in [-0.4, -0.2) is 26.9 Å². The average Bonchev–Trinajstić information content (AvgIpc) is 3.21. The second-order valence-corrected chi connectivity index (χ2v) is 6.66. The van der Waals surface area contributed by atoms with E-state index in [1.807, 2.05) is 60.7 Å². The first-order valence-electron chi connectivity index (χ1n) is 7.54. The molecule has 0 atom stereocenters. The maximum Gasteiger partial charge on any atom is 0.235 e. The van der Waals surface area contributed by atoms with Crippen molar-refractivity contribution in [2.24, 2.45) is 0 Å². The van der Waals surface area contributed by atoms with Gasteiger partial charge in [0.15, 0.2) is 5.82 Å². The topological polar surface area (TPSA) is 52.3 Å². The van der Waals surface area contributed by atoms with Crippen LogP contribution in [0.25, 0.3) is 28.5 Å². The lowest BCUT2D eigenvalue weighted by Gasteiger charge is -2.02. The van der Waals surface area contributed by atoms with Gasteiger partial charge in [-0.2, -0.15) is 9.61 Å². The molecule has 0 unspecified atom stereocenters. The van der Waals surface area contributed by atoms with E-state index in [9.17, 15) is 0 Å². The minimum absolute atomic E-state index is 0.684. The van der Waals surface area contributed by atoms with Crippen LogP contribution in [0.3, 0.4) is 0 Å². The Balaban J connectivity index is 1.68. The van der Waals surface area contributed by atoms with Gasteiger partial charge < -0.3 is 4.74 Å². The summed E-state index contributed by atoms with van der Waals surface area (Å²) in [6.45, 7) is 0. The van der Waals surface area contributed by atoms with Crippen LogP contribution < -0.4 is 4.74 Å². The number of benzene rings is 2. The van der Waals surface area contributed by atoms with Gasteiger partial charge in [-0.05, 0) is 42.5 Å². The molecule has 2 heterocycles. The molecule has 0 N–H and O–H groups in total. The molecule has 4 rings (SSSR count). The summed E-state index contributed by atoms with van der Waals surface area (Å²) in [6, 6.07) is 15.3. The van der Waals surface area contributed by atoms with Gasteiger partial charge in [-0.15, -0.1) is 10.2 Å². The van der Waals surface area contributed by atoms with Gasteiger partial charge >= 0.3 is 0 Å². The van der Waals surface area contributed by atoms with Crippen molar-refractivity contribution in [3.63, 3.8) is 0 Å². The van der Waals surface area contributed by atoms with Gasteiger partial charge in [0.2, 0.25) is 4.96 Å². The molecule has 4 aromatic rings. The Hall–Kier alpha value is -2.70. The highest BCUT2D eigenvalue weighted by Crippen LogP contribution is 2.25. The summed E-state index contributed by atoms with van der Waals surface area (Å²) in [5.41, 5.74) is 1.91. The number of hydrogen-bond acceptors (Lipinski definition) is 5. The van der Waals surface area contributed by atoms with Crippen LogP contribution >= 0.6 is 22.9 Å². The quantitative estimate of drug-likeness (QED) is 0.524. The molecule has 124 valence electrons. The molecule has 0 aliphatic rings. The van der Waals surface area contributed by atoms with Crippen LogP contribution in [0.5, 0.6) is 5.75 Å². The number of ether oxygens (including phenoxy) is 1. The Labute approximate surface area is 153 Å². The Morgan fingerprint density at radius 1 is 1.04 bits per heavy atom. The summed E-state index contributed by atoms with van der Waals surface area (Å²) in [7, 11) is 1.66. The average molecular weight is 369 g/mol. The number of methoxy groups -OCH3 is 1. The minimum Gasteiger partial charge on any atom is -0.496 e. The number of halogens is 1. The van der Waals surface area contributed by atoms with E-state index >= 15 is 0 Å². The van der Waals surface area contributed by atoms with Crippen LogP contribution in [0.2, 0.25) is 5.02 Å². The zero-order valence-corrected chi connectivity index (χ0v) is 14.8. The van der Waals surface area contributed by atoms with Crippen molar-refractivity contribution in [1.82, 2.24) is 19.8 Å². The van der Waals surface area contributed by atoms with Crippen molar-refractivity contribution in [2.75, 3.05) is 7.11 Å². The summed E-state index contributed by atoms with van der Waals surface area (Å²) >= 11 is 7.42. The van der Waals surface area contributed by atoms with Crippen molar-refractivity contribution in [3.8, 4) is 17.1 Å². The molecular formula is C18H13ClN4OS. The first-order valence-corrected chi connectivity index (χ1v) is 8.73. The third-order valence-electron chi connectivity index (χ3n) is 3.65. The SMILES string of the molecule is COc1ccccc1/C=C/c1nn2c(-c3ccc(Cl)cc3)nnc2s1. The molecule has 0 aliphatic carbocycles. The van der Waals surface area contributed by atoms with Gasteiger partial charge in [0, 0.05) is 16.1 Å². The molecule has 0 saturated carbocycles. The molecule has 2 aromatic carbocycles. The first-order chi connectivity index (χ1) is 12.2. The van der Waals surface area contributed by atoms with E-state index in [0.29, 0.717) is 10.8 Å². The Morgan fingerprint density at radius 2 is 1.84 bits per heavy atom. The fourth-order valence-electron chi connectivity index (χ4n) is 2.44. The summed E-state index contributed by atoms with van der Waals surface area (Å²) < 4.78 is 7.10. The fourth-order valence-corrected chi connectivity index (χ4v) is 3.31. The van der Waals surface area contributed by atoms with Gasteiger partial charge in [0.25, 0.3) is 0 Å². The van der Waals surface area contributed by atoms with Crippen LogP contribution in [0.1, 0.15) is 10.6 Å². The van der Waals surface area contributed by atoms with Gasteiger partial charge in [-0.1, -0.05) is 41.1 Å². The lowest BCUT2D eigenvalue weighted by molar-refractivity contribution is 0.414. The molecule has 0 bridgehead atoms. The molecule has 0 radical (unpaired) electrons. The number of nitrogens with zero attached hydrogens (tertiary/aromatic N) is 4.